The van der Waals surface area contributed by atoms with Gasteiger partial charge in [0.15, 0.2) is 0 Å². The van der Waals surface area contributed by atoms with Crippen LogP contribution in [-0.4, -0.2) is 29.0 Å². The second kappa shape index (κ2) is 4.34. The van der Waals surface area contributed by atoms with Crippen LogP contribution in [0.15, 0.2) is 24.3 Å². The van der Waals surface area contributed by atoms with E-state index >= 15 is 0 Å². The Morgan fingerprint density at radius 1 is 1.20 bits per heavy atom. The number of phenolic OH excluding ortho intramolecular Hbond substituents is 1. The fraction of sp³-hybridized carbons (Fsp3) is 0.417. The Bertz CT molecular complexity index is 362. The Hall–Kier alpha value is -1.51. The van der Waals surface area contributed by atoms with Crippen molar-refractivity contribution in [3.05, 3.63) is 29.8 Å². The molecule has 0 unspecified atom stereocenters. The number of rotatable bonds is 1. The first-order valence-corrected chi connectivity index (χ1v) is 5.36. The van der Waals surface area contributed by atoms with Crippen molar-refractivity contribution >= 4 is 5.91 Å². The largest absolute Gasteiger partial charge is 0.507 e. The summed E-state index contributed by atoms with van der Waals surface area (Å²) in [5, 5.41) is 9.56. The zero-order chi connectivity index (χ0) is 10.7. The van der Waals surface area contributed by atoms with E-state index < -0.39 is 0 Å². The van der Waals surface area contributed by atoms with Gasteiger partial charge < -0.3 is 10.0 Å². The van der Waals surface area contributed by atoms with Crippen molar-refractivity contribution in [3.8, 4) is 5.75 Å². The predicted molar refractivity (Wildman–Crippen MR) is 60.0 cm³/mol. The minimum atomic E-state index is -0.0483. The minimum Gasteiger partial charge on any atom is -0.507 e. The van der Waals surface area contributed by atoms with E-state index in [1.54, 1.807) is 24.3 Å². The number of benzene rings is 1. The van der Waals surface area contributed by atoms with Crippen molar-refractivity contribution in [1.29, 1.82) is 0 Å². The first kappa shape index (κ1) is 10.0. The van der Waals surface area contributed by atoms with Gasteiger partial charge in [0.1, 0.15) is 5.75 Å². The number of amides is 1. The monoisotopic (exact) mass is 207 g/mol. The Morgan fingerprint density at radius 2 is 1.87 bits per heavy atom. The molecule has 1 saturated heterocycles. The van der Waals surface area contributed by atoms with Crippen LogP contribution >= 0.6 is 0 Å². The van der Waals surface area contributed by atoms with E-state index in [0.717, 1.165) is 25.9 Å². The average molecular weight is 207 g/mol. The molecule has 0 aliphatic carbocycles. The standard InChI is InChI=1S/C12H15NO2.H2/c14-11-7-3-2-6-10(11)12(15)13-8-4-1-5-9-13;/h2-3,6-7,14H,1,4-5,8-9H2;1H. The molecule has 0 spiro atoms. The summed E-state index contributed by atoms with van der Waals surface area (Å²) in [6.07, 6.45) is 3.34. The van der Waals surface area contributed by atoms with Crippen molar-refractivity contribution in [3.63, 3.8) is 0 Å². The van der Waals surface area contributed by atoms with Gasteiger partial charge in [-0.05, 0) is 31.4 Å². The highest BCUT2D eigenvalue weighted by molar-refractivity contribution is 5.96. The number of phenols is 1. The van der Waals surface area contributed by atoms with Crippen LogP contribution in [0, 0.1) is 0 Å². The van der Waals surface area contributed by atoms with E-state index in [0.29, 0.717) is 5.56 Å². The number of hydrogen-bond acceptors (Lipinski definition) is 2. The Morgan fingerprint density at radius 3 is 2.53 bits per heavy atom. The second-order valence-corrected chi connectivity index (χ2v) is 3.87. The fourth-order valence-corrected chi connectivity index (χ4v) is 1.92. The van der Waals surface area contributed by atoms with Crippen molar-refractivity contribution in [2.75, 3.05) is 13.1 Å². The topological polar surface area (TPSA) is 40.5 Å². The Kier molecular flexibility index (Phi) is 2.90. The van der Waals surface area contributed by atoms with Gasteiger partial charge in [0, 0.05) is 14.5 Å². The number of hydrogen-bond donors (Lipinski definition) is 1. The lowest BCUT2D eigenvalue weighted by atomic mass is 10.1. The van der Waals surface area contributed by atoms with E-state index in [-0.39, 0.29) is 13.1 Å². The molecule has 1 aliphatic rings. The summed E-state index contributed by atoms with van der Waals surface area (Å²) in [7, 11) is 0. The highest BCUT2D eigenvalue weighted by Crippen LogP contribution is 2.20. The molecule has 1 fully saturated rings. The minimum absolute atomic E-state index is 0. The molecule has 1 heterocycles. The van der Waals surface area contributed by atoms with Crippen LogP contribution in [0.5, 0.6) is 5.75 Å². The second-order valence-electron chi connectivity index (χ2n) is 3.87. The smallest absolute Gasteiger partial charge is 0.257 e. The van der Waals surface area contributed by atoms with Gasteiger partial charge in [-0.25, -0.2) is 0 Å². The number of piperidine rings is 1. The van der Waals surface area contributed by atoms with Gasteiger partial charge in [0.05, 0.1) is 5.56 Å². The van der Waals surface area contributed by atoms with E-state index in [9.17, 15) is 9.90 Å². The van der Waals surface area contributed by atoms with Gasteiger partial charge >= 0.3 is 0 Å². The van der Waals surface area contributed by atoms with Crippen LogP contribution in [0.3, 0.4) is 0 Å². The molecule has 2 rings (SSSR count). The molecule has 0 radical (unpaired) electrons. The van der Waals surface area contributed by atoms with E-state index in [1.807, 2.05) is 4.90 Å². The van der Waals surface area contributed by atoms with Gasteiger partial charge in [-0.2, -0.15) is 0 Å². The van der Waals surface area contributed by atoms with E-state index in [1.165, 1.54) is 6.42 Å². The van der Waals surface area contributed by atoms with E-state index in [4.69, 9.17) is 0 Å². The van der Waals surface area contributed by atoms with Crippen molar-refractivity contribution in [1.82, 2.24) is 4.90 Å². The summed E-state index contributed by atoms with van der Waals surface area (Å²) in [6, 6.07) is 6.72. The Balaban J connectivity index is 0.00000128. The van der Waals surface area contributed by atoms with Crippen molar-refractivity contribution in [2.24, 2.45) is 0 Å². The van der Waals surface area contributed by atoms with Gasteiger partial charge in [-0.1, -0.05) is 12.1 Å². The fourth-order valence-electron chi connectivity index (χ4n) is 1.92. The molecule has 82 valence electrons. The third-order valence-electron chi connectivity index (χ3n) is 2.78. The molecule has 0 saturated carbocycles. The molecule has 1 N–H and O–H groups in total. The molecule has 3 heteroatoms. The molecule has 0 atom stereocenters. The van der Waals surface area contributed by atoms with Crippen LogP contribution in [0.1, 0.15) is 31.0 Å². The lowest BCUT2D eigenvalue weighted by Crippen LogP contribution is -2.35. The maximum absolute atomic E-state index is 12.0. The normalized spacial score (nSPS) is 16.4. The maximum atomic E-state index is 12.0. The SMILES string of the molecule is O=C(c1ccccc1O)N1CCCCC1.[HH]. The summed E-state index contributed by atoms with van der Waals surface area (Å²) in [5.41, 5.74) is 0.416. The summed E-state index contributed by atoms with van der Waals surface area (Å²) < 4.78 is 0. The highest BCUT2D eigenvalue weighted by atomic mass is 16.3. The average Bonchev–Trinajstić information content (AvgIpc) is 2.30. The first-order chi connectivity index (χ1) is 7.29. The molecule has 1 amide bonds. The lowest BCUT2D eigenvalue weighted by Gasteiger charge is -2.26. The van der Waals surface area contributed by atoms with Gasteiger partial charge in [0.2, 0.25) is 0 Å². The molecule has 15 heavy (non-hydrogen) atoms. The molecule has 3 nitrogen and oxygen atoms in total. The number of aromatic hydroxyl groups is 1. The van der Waals surface area contributed by atoms with Gasteiger partial charge in [-0.15, -0.1) is 0 Å². The van der Waals surface area contributed by atoms with Gasteiger partial charge in [0.25, 0.3) is 5.91 Å². The number of para-hydroxylation sites is 1. The summed E-state index contributed by atoms with van der Waals surface area (Å²) in [4.78, 5) is 13.8. The molecule has 0 aromatic heterocycles. The molecule has 1 aliphatic heterocycles. The third kappa shape index (κ3) is 2.12. The zero-order valence-electron chi connectivity index (χ0n) is 8.65. The summed E-state index contributed by atoms with van der Waals surface area (Å²) in [5.74, 6) is 0.0286. The molecular formula is C12H17NO2. The maximum Gasteiger partial charge on any atom is 0.257 e. The molecule has 0 bridgehead atoms. The molecular weight excluding hydrogens is 190 g/mol. The van der Waals surface area contributed by atoms with E-state index in [2.05, 4.69) is 0 Å². The Labute approximate surface area is 90.8 Å². The van der Waals surface area contributed by atoms with Crippen LogP contribution < -0.4 is 0 Å². The zero-order valence-corrected chi connectivity index (χ0v) is 8.65. The van der Waals surface area contributed by atoms with Crippen molar-refractivity contribution < 1.29 is 11.3 Å². The quantitative estimate of drug-likeness (QED) is 0.767. The predicted octanol–water partition coefficient (Wildman–Crippen LogP) is 2.26. The van der Waals surface area contributed by atoms with Crippen LogP contribution in [0.4, 0.5) is 0 Å². The van der Waals surface area contributed by atoms with Crippen molar-refractivity contribution in [2.45, 2.75) is 19.3 Å². The lowest BCUT2D eigenvalue weighted by molar-refractivity contribution is 0.0721. The number of likely N-dealkylation sites (tertiary alicyclic amines) is 1. The number of nitrogens with zero attached hydrogens (tertiary/aromatic N) is 1. The van der Waals surface area contributed by atoms with Crippen LogP contribution in [0.25, 0.3) is 0 Å². The number of carbonyl (C=O) groups excluding carboxylic acids is 1. The molecule has 1 aromatic rings. The first-order valence-electron chi connectivity index (χ1n) is 5.36. The molecule has 1 aromatic carbocycles. The van der Waals surface area contributed by atoms with Crippen LogP contribution in [0.2, 0.25) is 0 Å². The summed E-state index contributed by atoms with van der Waals surface area (Å²) in [6.45, 7) is 1.63. The van der Waals surface area contributed by atoms with Gasteiger partial charge in [-0.3, -0.25) is 4.79 Å². The highest BCUT2D eigenvalue weighted by Gasteiger charge is 2.19. The number of carbonyl (C=O) groups is 1. The summed E-state index contributed by atoms with van der Waals surface area (Å²) >= 11 is 0. The van der Waals surface area contributed by atoms with Crippen LogP contribution in [-0.2, 0) is 0 Å². The third-order valence-corrected chi connectivity index (χ3v) is 2.78.